The number of H-pyrrole nitrogens is 1. The molecule has 0 aliphatic heterocycles. The maximum absolute atomic E-state index is 12.1. The summed E-state index contributed by atoms with van der Waals surface area (Å²) in [5, 5.41) is 12.6. The van der Waals surface area contributed by atoms with E-state index in [9.17, 15) is 4.79 Å². The molecule has 108 valence electrons. The lowest BCUT2D eigenvalue weighted by molar-refractivity contribution is -0.120. The van der Waals surface area contributed by atoms with E-state index in [1.807, 2.05) is 31.2 Å². The lowest BCUT2D eigenvalue weighted by atomic mass is 10.1. The maximum Gasteiger partial charge on any atom is 0.224 e. The third-order valence-corrected chi connectivity index (χ3v) is 4.04. The Bertz CT molecular complexity index is 792. The minimum absolute atomic E-state index is 0.0448. The van der Waals surface area contributed by atoms with Crippen LogP contribution in [0.2, 0.25) is 0 Å². The number of carbonyl (C=O) groups is 1. The van der Waals surface area contributed by atoms with Crippen molar-refractivity contribution in [1.82, 2.24) is 20.5 Å². The van der Waals surface area contributed by atoms with E-state index in [1.54, 1.807) is 0 Å². The Labute approximate surface area is 125 Å². The van der Waals surface area contributed by atoms with Crippen LogP contribution in [0.4, 0.5) is 5.13 Å². The van der Waals surface area contributed by atoms with Crippen molar-refractivity contribution in [2.45, 2.75) is 19.9 Å². The van der Waals surface area contributed by atoms with Gasteiger partial charge in [0.05, 0.1) is 13.0 Å². The molecule has 0 aliphatic carbocycles. The van der Waals surface area contributed by atoms with Gasteiger partial charge in [0, 0.05) is 16.6 Å². The number of rotatable bonds is 4. The van der Waals surface area contributed by atoms with Crippen LogP contribution in [0.1, 0.15) is 16.3 Å². The Morgan fingerprint density at radius 1 is 1.38 bits per heavy atom. The second-order valence-corrected chi connectivity index (χ2v) is 5.86. The van der Waals surface area contributed by atoms with Crippen molar-refractivity contribution < 1.29 is 4.79 Å². The lowest BCUT2D eigenvalue weighted by Crippen LogP contribution is -2.24. The molecule has 0 saturated heterocycles. The summed E-state index contributed by atoms with van der Waals surface area (Å²) in [7, 11) is 0. The molecular formula is C14H15N5OS. The average Bonchev–Trinajstić information content (AvgIpc) is 3.01. The van der Waals surface area contributed by atoms with Gasteiger partial charge in [0.1, 0.15) is 5.01 Å². The number of carbonyl (C=O) groups excluding carboxylic acids is 1. The molecule has 0 aliphatic rings. The fraction of sp³-hybridized carbons (Fsp3) is 0.214. The zero-order valence-electron chi connectivity index (χ0n) is 11.5. The van der Waals surface area contributed by atoms with E-state index in [0.717, 1.165) is 22.2 Å². The number of aromatic amines is 1. The number of para-hydroxylation sites is 1. The van der Waals surface area contributed by atoms with Crippen LogP contribution < -0.4 is 11.1 Å². The molecule has 3 rings (SSSR count). The number of fused-ring (bicyclic) bond motifs is 1. The molecule has 2 heterocycles. The van der Waals surface area contributed by atoms with Gasteiger partial charge >= 0.3 is 0 Å². The summed E-state index contributed by atoms with van der Waals surface area (Å²) in [6, 6.07) is 7.98. The molecule has 3 aromatic rings. The minimum Gasteiger partial charge on any atom is -0.374 e. The number of aryl methyl sites for hydroxylation is 1. The first kappa shape index (κ1) is 13.6. The van der Waals surface area contributed by atoms with Gasteiger partial charge in [0.25, 0.3) is 0 Å². The summed E-state index contributed by atoms with van der Waals surface area (Å²) in [5.74, 6) is -0.0448. The summed E-state index contributed by atoms with van der Waals surface area (Å²) in [6.07, 6.45) is 0.337. The number of hydrogen-bond acceptors (Lipinski definition) is 5. The smallest absolute Gasteiger partial charge is 0.224 e. The highest BCUT2D eigenvalue weighted by atomic mass is 32.1. The fourth-order valence-electron chi connectivity index (χ4n) is 2.30. The summed E-state index contributed by atoms with van der Waals surface area (Å²) in [5.41, 5.74) is 8.60. The van der Waals surface area contributed by atoms with Crippen molar-refractivity contribution in [3.05, 3.63) is 40.5 Å². The van der Waals surface area contributed by atoms with E-state index in [-0.39, 0.29) is 5.91 Å². The lowest BCUT2D eigenvalue weighted by Gasteiger charge is -2.03. The van der Waals surface area contributed by atoms with Gasteiger partial charge in [0.2, 0.25) is 11.0 Å². The summed E-state index contributed by atoms with van der Waals surface area (Å²) >= 11 is 1.28. The molecule has 6 nitrogen and oxygen atoms in total. The summed E-state index contributed by atoms with van der Waals surface area (Å²) in [4.78, 5) is 15.4. The largest absolute Gasteiger partial charge is 0.374 e. The summed E-state index contributed by atoms with van der Waals surface area (Å²) < 4.78 is 0. The predicted molar refractivity (Wildman–Crippen MR) is 82.9 cm³/mol. The SMILES string of the molecule is Cc1[nH]c2ccccc2c1CC(=O)NCc1nnc(N)s1. The monoisotopic (exact) mass is 301 g/mol. The highest BCUT2D eigenvalue weighted by Gasteiger charge is 2.12. The average molecular weight is 301 g/mol. The number of anilines is 1. The molecule has 0 fully saturated rings. The molecule has 1 aromatic carbocycles. The van der Waals surface area contributed by atoms with Crippen LogP contribution in [0, 0.1) is 6.92 Å². The number of aromatic nitrogens is 3. The van der Waals surface area contributed by atoms with Gasteiger partial charge in [-0.2, -0.15) is 0 Å². The van der Waals surface area contributed by atoms with Crippen molar-refractivity contribution in [3.63, 3.8) is 0 Å². The number of nitrogens with zero attached hydrogens (tertiary/aromatic N) is 2. The van der Waals surface area contributed by atoms with E-state index < -0.39 is 0 Å². The topological polar surface area (TPSA) is 96.7 Å². The van der Waals surface area contributed by atoms with Crippen LogP contribution in [-0.4, -0.2) is 21.1 Å². The molecular weight excluding hydrogens is 286 g/mol. The zero-order valence-corrected chi connectivity index (χ0v) is 12.3. The van der Waals surface area contributed by atoms with Gasteiger partial charge in [-0.15, -0.1) is 10.2 Å². The van der Waals surface area contributed by atoms with Crippen LogP contribution in [0.15, 0.2) is 24.3 Å². The number of hydrogen-bond donors (Lipinski definition) is 3. The van der Waals surface area contributed by atoms with E-state index >= 15 is 0 Å². The third kappa shape index (κ3) is 2.87. The number of nitrogens with one attached hydrogen (secondary N) is 2. The molecule has 0 saturated carbocycles. The first-order valence-electron chi connectivity index (χ1n) is 6.54. The van der Waals surface area contributed by atoms with Gasteiger partial charge < -0.3 is 16.0 Å². The predicted octanol–water partition coefficient (Wildman–Crippen LogP) is 1.77. The van der Waals surface area contributed by atoms with Crippen molar-refractivity contribution in [2.24, 2.45) is 0 Å². The first-order chi connectivity index (χ1) is 10.1. The Hall–Kier alpha value is -2.41. The highest BCUT2D eigenvalue weighted by molar-refractivity contribution is 7.15. The van der Waals surface area contributed by atoms with Gasteiger partial charge in [0.15, 0.2) is 0 Å². The highest BCUT2D eigenvalue weighted by Crippen LogP contribution is 2.22. The van der Waals surface area contributed by atoms with Crippen molar-refractivity contribution in [1.29, 1.82) is 0 Å². The Morgan fingerprint density at radius 2 is 2.19 bits per heavy atom. The second kappa shape index (κ2) is 5.53. The van der Waals surface area contributed by atoms with Gasteiger partial charge in [-0.3, -0.25) is 4.79 Å². The Balaban J connectivity index is 1.70. The number of nitrogens with two attached hydrogens (primary N) is 1. The molecule has 4 N–H and O–H groups in total. The van der Waals surface area contributed by atoms with E-state index in [2.05, 4.69) is 20.5 Å². The van der Waals surface area contributed by atoms with Crippen LogP contribution >= 0.6 is 11.3 Å². The molecule has 0 bridgehead atoms. The van der Waals surface area contributed by atoms with Crippen LogP contribution in [0.5, 0.6) is 0 Å². The van der Waals surface area contributed by atoms with E-state index in [0.29, 0.717) is 23.1 Å². The van der Waals surface area contributed by atoms with Crippen LogP contribution in [0.25, 0.3) is 10.9 Å². The third-order valence-electron chi connectivity index (χ3n) is 3.28. The molecule has 1 amide bonds. The number of amides is 1. The standard InChI is InChI=1S/C14H15N5OS/c1-8-10(9-4-2-3-5-11(9)17-8)6-12(20)16-7-13-18-19-14(15)21-13/h2-5,17H,6-7H2,1H3,(H2,15,19)(H,16,20). The molecule has 0 atom stereocenters. The number of nitrogen functional groups attached to an aromatic ring is 1. The maximum atomic E-state index is 12.1. The Kier molecular flexibility index (Phi) is 3.57. The fourth-order valence-corrected chi connectivity index (χ4v) is 2.85. The molecule has 0 unspecified atom stereocenters. The summed E-state index contributed by atoms with van der Waals surface area (Å²) in [6.45, 7) is 2.34. The second-order valence-electron chi connectivity index (χ2n) is 4.76. The Morgan fingerprint density at radius 3 is 2.95 bits per heavy atom. The van der Waals surface area contributed by atoms with Gasteiger partial charge in [-0.05, 0) is 18.6 Å². The molecule has 0 radical (unpaired) electrons. The van der Waals surface area contributed by atoms with Crippen LogP contribution in [-0.2, 0) is 17.8 Å². The van der Waals surface area contributed by atoms with Crippen molar-refractivity contribution >= 4 is 33.3 Å². The van der Waals surface area contributed by atoms with E-state index in [4.69, 9.17) is 5.73 Å². The molecule has 0 spiro atoms. The first-order valence-corrected chi connectivity index (χ1v) is 7.36. The zero-order chi connectivity index (χ0) is 14.8. The number of benzene rings is 1. The van der Waals surface area contributed by atoms with Crippen molar-refractivity contribution in [3.8, 4) is 0 Å². The van der Waals surface area contributed by atoms with Crippen molar-refractivity contribution in [2.75, 3.05) is 5.73 Å². The quantitative estimate of drug-likeness (QED) is 0.684. The molecule has 7 heteroatoms. The van der Waals surface area contributed by atoms with Gasteiger partial charge in [-0.25, -0.2) is 0 Å². The van der Waals surface area contributed by atoms with Crippen LogP contribution in [0.3, 0.4) is 0 Å². The molecule has 21 heavy (non-hydrogen) atoms. The van der Waals surface area contributed by atoms with Gasteiger partial charge in [-0.1, -0.05) is 29.5 Å². The minimum atomic E-state index is -0.0448. The normalized spacial score (nSPS) is 10.9. The van der Waals surface area contributed by atoms with E-state index in [1.165, 1.54) is 11.3 Å². The molecule has 2 aromatic heterocycles.